The number of aryl methyl sites for hydroxylation is 1. The predicted molar refractivity (Wildman–Crippen MR) is 70.0 cm³/mol. The van der Waals surface area contributed by atoms with Crippen LogP contribution in [0, 0.1) is 18.3 Å². The fourth-order valence-corrected chi connectivity index (χ4v) is 2.38. The van der Waals surface area contributed by atoms with Crippen molar-refractivity contribution in [3.05, 3.63) is 29.8 Å². The Kier molecular flexibility index (Phi) is 4.00. The second kappa shape index (κ2) is 5.70. The van der Waals surface area contributed by atoms with E-state index in [0.29, 0.717) is 12.5 Å². The number of hydrogen-bond donors (Lipinski definition) is 1. The van der Waals surface area contributed by atoms with E-state index in [0.717, 1.165) is 26.1 Å². The van der Waals surface area contributed by atoms with Crippen molar-refractivity contribution in [3.8, 4) is 6.07 Å². The fraction of sp³-hybridized carbons (Fsp3) is 0.500. The van der Waals surface area contributed by atoms with Crippen molar-refractivity contribution in [2.75, 3.05) is 24.5 Å². The molecule has 2 rings (SSSR count). The molecule has 1 atom stereocenters. The molecule has 1 saturated heterocycles. The SMILES string of the molecule is Cc1ccccc1N1CCCNC(CC#N)C1. The van der Waals surface area contributed by atoms with E-state index in [-0.39, 0.29) is 0 Å². The zero-order valence-corrected chi connectivity index (χ0v) is 10.3. The Morgan fingerprint density at radius 2 is 2.29 bits per heavy atom. The first-order valence-electron chi connectivity index (χ1n) is 6.22. The molecule has 0 radical (unpaired) electrons. The van der Waals surface area contributed by atoms with Crippen molar-refractivity contribution < 1.29 is 0 Å². The zero-order chi connectivity index (χ0) is 12.1. The minimum absolute atomic E-state index is 0.294. The van der Waals surface area contributed by atoms with Gasteiger partial charge in [0.2, 0.25) is 0 Å². The largest absolute Gasteiger partial charge is 0.370 e. The van der Waals surface area contributed by atoms with Gasteiger partial charge in [-0.2, -0.15) is 5.26 Å². The monoisotopic (exact) mass is 229 g/mol. The molecule has 1 fully saturated rings. The van der Waals surface area contributed by atoms with Crippen LogP contribution < -0.4 is 10.2 Å². The minimum atomic E-state index is 0.294. The molecule has 90 valence electrons. The van der Waals surface area contributed by atoms with E-state index >= 15 is 0 Å². The van der Waals surface area contributed by atoms with Crippen LogP contribution in [-0.2, 0) is 0 Å². The number of anilines is 1. The molecular formula is C14H19N3. The molecule has 1 aliphatic rings. The number of hydrogen-bond acceptors (Lipinski definition) is 3. The van der Waals surface area contributed by atoms with Gasteiger partial charge in [0.15, 0.2) is 0 Å². The lowest BCUT2D eigenvalue weighted by atomic mass is 10.1. The van der Waals surface area contributed by atoms with Gasteiger partial charge in [-0.05, 0) is 31.5 Å². The first kappa shape index (κ1) is 11.9. The van der Waals surface area contributed by atoms with E-state index in [1.807, 2.05) is 0 Å². The molecule has 3 nitrogen and oxygen atoms in total. The highest BCUT2D eigenvalue weighted by Crippen LogP contribution is 2.21. The highest BCUT2D eigenvalue weighted by molar-refractivity contribution is 5.53. The number of para-hydroxylation sites is 1. The fourth-order valence-electron chi connectivity index (χ4n) is 2.38. The van der Waals surface area contributed by atoms with Gasteiger partial charge in [-0.1, -0.05) is 18.2 Å². The van der Waals surface area contributed by atoms with E-state index in [1.54, 1.807) is 0 Å². The van der Waals surface area contributed by atoms with Gasteiger partial charge in [0.05, 0.1) is 12.5 Å². The summed E-state index contributed by atoms with van der Waals surface area (Å²) in [4.78, 5) is 2.40. The van der Waals surface area contributed by atoms with Crippen LogP contribution in [-0.4, -0.2) is 25.7 Å². The molecule has 1 N–H and O–H groups in total. The second-order valence-corrected chi connectivity index (χ2v) is 4.60. The van der Waals surface area contributed by atoms with E-state index in [9.17, 15) is 0 Å². The number of nitriles is 1. The molecule has 1 unspecified atom stereocenters. The first-order valence-corrected chi connectivity index (χ1v) is 6.22. The molecule has 1 aromatic rings. The summed E-state index contributed by atoms with van der Waals surface area (Å²) >= 11 is 0. The molecule has 1 aromatic carbocycles. The lowest BCUT2D eigenvalue weighted by Crippen LogP contribution is -2.37. The number of nitrogens with zero attached hydrogens (tertiary/aromatic N) is 2. The van der Waals surface area contributed by atoms with Crippen LogP contribution in [0.2, 0.25) is 0 Å². The number of benzene rings is 1. The molecule has 1 heterocycles. The van der Waals surface area contributed by atoms with Crippen LogP contribution in [0.3, 0.4) is 0 Å². The average Bonchev–Trinajstić information content (AvgIpc) is 2.56. The molecule has 0 aliphatic carbocycles. The summed E-state index contributed by atoms with van der Waals surface area (Å²) in [6.45, 7) is 5.15. The van der Waals surface area contributed by atoms with Gasteiger partial charge in [-0.3, -0.25) is 0 Å². The third-order valence-corrected chi connectivity index (χ3v) is 3.27. The molecule has 0 amide bonds. The maximum atomic E-state index is 8.81. The average molecular weight is 229 g/mol. The molecule has 17 heavy (non-hydrogen) atoms. The van der Waals surface area contributed by atoms with Gasteiger partial charge in [0.25, 0.3) is 0 Å². The minimum Gasteiger partial charge on any atom is -0.370 e. The van der Waals surface area contributed by atoms with Gasteiger partial charge in [0, 0.05) is 24.8 Å². The topological polar surface area (TPSA) is 39.1 Å². The Bertz CT molecular complexity index is 408. The van der Waals surface area contributed by atoms with E-state index in [2.05, 4.69) is 47.5 Å². The third-order valence-electron chi connectivity index (χ3n) is 3.27. The molecule has 0 aromatic heterocycles. The highest BCUT2D eigenvalue weighted by Gasteiger charge is 2.18. The lowest BCUT2D eigenvalue weighted by Gasteiger charge is -2.27. The second-order valence-electron chi connectivity index (χ2n) is 4.60. The predicted octanol–water partition coefficient (Wildman–Crippen LogP) is 2.08. The smallest absolute Gasteiger partial charge is 0.0638 e. The van der Waals surface area contributed by atoms with Crippen LogP contribution in [0.5, 0.6) is 0 Å². The number of rotatable bonds is 2. The summed E-state index contributed by atoms with van der Waals surface area (Å²) in [5, 5.41) is 12.3. The Hall–Kier alpha value is -1.53. The maximum absolute atomic E-state index is 8.81. The van der Waals surface area contributed by atoms with Gasteiger partial charge in [0.1, 0.15) is 0 Å². The van der Waals surface area contributed by atoms with E-state index in [4.69, 9.17) is 5.26 Å². The Labute approximate surface area is 103 Å². The molecule has 0 spiro atoms. The Morgan fingerprint density at radius 1 is 1.47 bits per heavy atom. The Balaban J connectivity index is 2.14. The van der Waals surface area contributed by atoms with Crippen LogP contribution >= 0.6 is 0 Å². The van der Waals surface area contributed by atoms with Gasteiger partial charge >= 0.3 is 0 Å². The molecular weight excluding hydrogens is 210 g/mol. The van der Waals surface area contributed by atoms with Crippen LogP contribution in [0.25, 0.3) is 0 Å². The molecule has 1 aliphatic heterocycles. The Morgan fingerprint density at radius 3 is 3.06 bits per heavy atom. The first-order chi connectivity index (χ1) is 8.31. The van der Waals surface area contributed by atoms with Crippen LogP contribution in [0.4, 0.5) is 5.69 Å². The standard InChI is InChI=1S/C14H19N3/c1-12-5-2-3-6-14(12)17-10-4-9-16-13(11-17)7-8-15/h2-3,5-6,13,16H,4,7,9-11H2,1H3. The van der Waals surface area contributed by atoms with Crippen molar-refractivity contribution in [1.29, 1.82) is 5.26 Å². The zero-order valence-electron chi connectivity index (χ0n) is 10.3. The summed E-state index contributed by atoms with van der Waals surface area (Å²) in [6.07, 6.45) is 1.72. The van der Waals surface area contributed by atoms with Crippen molar-refractivity contribution in [3.63, 3.8) is 0 Å². The van der Waals surface area contributed by atoms with Gasteiger partial charge < -0.3 is 10.2 Å². The molecule has 3 heteroatoms. The van der Waals surface area contributed by atoms with E-state index < -0.39 is 0 Å². The summed E-state index contributed by atoms with van der Waals surface area (Å²) in [5.41, 5.74) is 2.62. The van der Waals surface area contributed by atoms with Crippen molar-refractivity contribution >= 4 is 5.69 Å². The highest BCUT2D eigenvalue weighted by atomic mass is 15.2. The molecule has 0 saturated carbocycles. The summed E-state index contributed by atoms with van der Waals surface area (Å²) < 4.78 is 0. The van der Waals surface area contributed by atoms with Gasteiger partial charge in [-0.15, -0.1) is 0 Å². The number of nitrogens with one attached hydrogen (secondary N) is 1. The van der Waals surface area contributed by atoms with Crippen molar-refractivity contribution in [1.82, 2.24) is 5.32 Å². The quantitative estimate of drug-likeness (QED) is 0.844. The lowest BCUT2D eigenvalue weighted by molar-refractivity contribution is 0.552. The summed E-state index contributed by atoms with van der Waals surface area (Å²) in [7, 11) is 0. The van der Waals surface area contributed by atoms with E-state index in [1.165, 1.54) is 11.3 Å². The normalized spacial score (nSPS) is 20.7. The van der Waals surface area contributed by atoms with Crippen LogP contribution in [0.1, 0.15) is 18.4 Å². The third kappa shape index (κ3) is 2.98. The van der Waals surface area contributed by atoms with Gasteiger partial charge in [-0.25, -0.2) is 0 Å². The molecule has 0 bridgehead atoms. The van der Waals surface area contributed by atoms with Crippen molar-refractivity contribution in [2.24, 2.45) is 0 Å². The van der Waals surface area contributed by atoms with Crippen LogP contribution in [0.15, 0.2) is 24.3 Å². The maximum Gasteiger partial charge on any atom is 0.0638 e. The summed E-state index contributed by atoms with van der Waals surface area (Å²) in [5.74, 6) is 0. The van der Waals surface area contributed by atoms with Crippen molar-refractivity contribution in [2.45, 2.75) is 25.8 Å². The summed E-state index contributed by atoms with van der Waals surface area (Å²) in [6, 6.07) is 11.0.